The standard InChI is InChI=1S/3C20H21FN6O2.C11H9FN2O2.C9H14N4O.2CH4/c3*1-25-12-17-15(23-25)8-9-16(20(29)26(17)2)22-19(28)18-14(21)11-27(24-18)10-13-6-4-3-5-7-13;12-9-7-14(13-10(9)11(15)16)6-8-4-2-1-3-5-8;1-12-5-8-7(11-12)4-3-6(10)9(14)13(8)2;;/h3*3-7,11-12,16H,8-10H2,1-2H3,(H,22,28);1-5,7H,6H2,(H,15,16);5-6H,3-4,10H2,1-2H3;2*1H4/t2*16-;;;;;/m10...../s1. The van der Waals surface area contributed by atoms with Crippen LogP contribution in [0.25, 0.3) is 0 Å². The second-order valence-corrected chi connectivity index (χ2v) is 28.3. The number of aromatic nitrogens is 16. The molecule has 0 aliphatic carbocycles. The van der Waals surface area contributed by atoms with E-state index in [0.29, 0.717) is 88.2 Å². The van der Waals surface area contributed by atoms with Gasteiger partial charge >= 0.3 is 5.97 Å². The first-order valence-corrected chi connectivity index (χ1v) is 37.2. The van der Waals surface area contributed by atoms with Gasteiger partial charge in [-0.15, -0.1) is 0 Å². The SMILES string of the molecule is C.C.CN1C(=O)C(N)CCc2nn(C)cc21.CN1C(=O)C(NC(=O)c2nn(Cc3ccccc3)cc2F)CCc2nn(C)cc21.CN1C(=O)[C@@H](NC(=O)c2nn(Cc3ccccc3)cc2F)CCc2nn(C)cc21.CN1C(=O)[C@H](NC(=O)c2nn(Cc3ccccc3)cc2F)CCc2nn(C)cc21.O=C(O)c1nn(Cc2ccccc2)cc1F. The molecule has 0 saturated heterocycles. The van der Waals surface area contributed by atoms with Gasteiger partial charge in [0.25, 0.3) is 17.7 Å². The lowest BCUT2D eigenvalue weighted by atomic mass is 10.1. The zero-order valence-corrected chi connectivity index (χ0v) is 65.2. The Morgan fingerprint density at radius 1 is 0.353 bits per heavy atom. The summed E-state index contributed by atoms with van der Waals surface area (Å²) in [6.07, 6.45) is 16.0. The summed E-state index contributed by atoms with van der Waals surface area (Å²) < 4.78 is 68.2. The Hall–Kier alpha value is -14.0. The maximum absolute atomic E-state index is 14.3. The summed E-state index contributed by atoms with van der Waals surface area (Å²) in [6, 6.07) is 34.9. The third-order valence-electron chi connectivity index (χ3n) is 19.6. The molecular weight excluding hydrogens is 1540 g/mol. The summed E-state index contributed by atoms with van der Waals surface area (Å²) in [4.78, 5) is 104. The van der Waals surface area contributed by atoms with Gasteiger partial charge in [0.05, 0.1) is 103 Å². The van der Waals surface area contributed by atoms with E-state index < -0.39 is 70.8 Å². The molecule has 7 amide bonds. The number of carbonyl (C=O) groups is 8. The molecule has 0 bridgehead atoms. The van der Waals surface area contributed by atoms with Crippen LogP contribution < -0.4 is 41.3 Å². The average Bonchev–Trinajstić information content (AvgIpc) is 1.74. The van der Waals surface area contributed by atoms with Crippen molar-refractivity contribution in [2.75, 3.05) is 47.8 Å². The number of carboxylic acids is 1. The van der Waals surface area contributed by atoms with Gasteiger partial charge in [-0.3, -0.25) is 71.0 Å². The number of fused-ring (bicyclic) bond motifs is 4. The summed E-state index contributed by atoms with van der Waals surface area (Å²) in [5.41, 5.74) is 14.3. The summed E-state index contributed by atoms with van der Waals surface area (Å²) in [7, 11) is 13.9. The molecule has 4 aliphatic heterocycles. The number of nitrogens with two attached hydrogens (primary N) is 1. The molecule has 12 aromatic rings. The number of amides is 7. The van der Waals surface area contributed by atoms with Crippen LogP contribution in [0.1, 0.15) is 128 Å². The van der Waals surface area contributed by atoms with Crippen LogP contribution in [0.4, 0.5) is 40.3 Å². The van der Waals surface area contributed by atoms with Gasteiger partial charge in [0.15, 0.2) is 40.4 Å². The first-order chi connectivity index (χ1) is 56.0. The molecule has 4 aliphatic rings. The second-order valence-electron chi connectivity index (χ2n) is 28.3. The smallest absolute Gasteiger partial charge is 0.359 e. The molecule has 2 unspecified atom stereocenters. The van der Waals surface area contributed by atoms with E-state index in [9.17, 15) is 55.9 Å². The number of rotatable bonds is 15. The van der Waals surface area contributed by atoms with Crippen LogP contribution in [0, 0.1) is 23.3 Å². The normalized spacial score (nSPS) is 16.0. The predicted octanol–water partition coefficient (Wildman–Crippen LogP) is 7.23. The van der Waals surface area contributed by atoms with Gasteiger partial charge < -0.3 is 46.4 Å². The number of hydrogen-bond donors (Lipinski definition) is 5. The van der Waals surface area contributed by atoms with E-state index >= 15 is 0 Å². The van der Waals surface area contributed by atoms with Crippen molar-refractivity contribution >= 4 is 70.1 Å². The molecule has 16 rings (SSSR count). The van der Waals surface area contributed by atoms with Crippen molar-refractivity contribution in [2.45, 2.75) is 117 Å². The maximum Gasteiger partial charge on any atom is 0.359 e. The van der Waals surface area contributed by atoms with E-state index in [4.69, 9.17) is 10.8 Å². The third-order valence-corrected chi connectivity index (χ3v) is 19.6. The van der Waals surface area contributed by atoms with Gasteiger partial charge in [0.2, 0.25) is 29.3 Å². The van der Waals surface area contributed by atoms with Crippen LogP contribution in [0.15, 0.2) is 171 Å². The van der Waals surface area contributed by atoms with Crippen LogP contribution in [0.5, 0.6) is 0 Å². The van der Waals surface area contributed by atoms with Crippen LogP contribution in [0.2, 0.25) is 0 Å². The Labute approximate surface area is 682 Å². The average molecular weight is 1640 g/mol. The Bertz CT molecular complexity index is 5170. The number of aryl methyl sites for hydroxylation is 8. The number of aromatic carboxylic acids is 1. The lowest BCUT2D eigenvalue weighted by Gasteiger charge is -2.20. The third kappa shape index (κ3) is 21.2. The van der Waals surface area contributed by atoms with Gasteiger partial charge in [0.1, 0.15) is 18.1 Å². The van der Waals surface area contributed by atoms with Crippen LogP contribution >= 0.6 is 0 Å². The van der Waals surface area contributed by atoms with Gasteiger partial charge in [0, 0.05) is 81.2 Å². The summed E-state index contributed by atoms with van der Waals surface area (Å²) >= 11 is 0. The molecule has 0 radical (unpaired) electrons. The number of benzene rings is 4. The number of carboxylic acid groups (broad SMARTS) is 1. The van der Waals surface area contributed by atoms with E-state index in [0.717, 1.165) is 63.3 Å². The van der Waals surface area contributed by atoms with Crippen molar-refractivity contribution in [1.82, 2.24) is 94.2 Å². The Morgan fingerprint density at radius 2 is 0.580 bits per heavy atom. The lowest BCUT2D eigenvalue weighted by Crippen LogP contribution is -2.47. The zero-order valence-electron chi connectivity index (χ0n) is 65.2. The molecule has 33 nitrogen and oxygen atoms in total. The van der Waals surface area contributed by atoms with Crippen LogP contribution in [0.3, 0.4) is 0 Å². The summed E-state index contributed by atoms with van der Waals surface area (Å²) in [6.45, 7) is 1.39. The van der Waals surface area contributed by atoms with E-state index in [2.05, 4.69) is 56.7 Å². The first kappa shape index (κ1) is 87.4. The molecule has 624 valence electrons. The number of carbonyl (C=O) groups excluding carboxylic acids is 7. The van der Waals surface area contributed by atoms with Gasteiger partial charge in [-0.2, -0.15) is 40.8 Å². The second kappa shape index (κ2) is 38.6. The maximum atomic E-state index is 14.3. The number of hydrogen-bond acceptors (Lipinski definition) is 17. The zero-order chi connectivity index (χ0) is 83.5. The molecule has 6 N–H and O–H groups in total. The van der Waals surface area contributed by atoms with Crippen LogP contribution in [-0.4, -0.2) is 183 Å². The quantitative estimate of drug-likeness (QED) is 0.0632. The molecule has 0 spiro atoms. The van der Waals surface area contributed by atoms with Gasteiger partial charge in [-0.05, 0) is 73.6 Å². The topological polar surface area (TPSA) is 374 Å². The van der Waals surface area contributed by atoms with Gasteiger partial charge in [-0.25, -0.2) is 22.4 Å². The highest BCUT2D eigenvalue weighted by Gasteiger charge is 2.37. The fraction of sp³-hybridized carbons (Fsp3) is 0.317. The minimum Gasteiger partial charge on any atom is -0.476 e. The number of nitrogens with one attached hydrogen (secondary N) is 3. The predicted molar refractivity (Wildman–Crippen MR) is 433 cm³/mol. The van der Waals surface area contributed by atoms with E-state index in [1.807, 2.05) is 135 Å². The minimum absolute atomic E-state index is 0. The van der Waals surface area contributed by atoms with Crippen molar-refractivity contribution < 1.29 is 61.0 Å². The van der Waals surface area contributed by atoms with Gasteiger partial charge in [-0.1, -0.05) is 136 Å². The Balaban J connectivity index is 0.000000160. The Morgan fingerprint density at radius 3 is 0.824 bits per heavy atom. The molecule has 119 heavy (non-hydrogen) atoms. The lowest BCUT2D eigenvalue weighted by molar-refractivity contribution is -0.120. The molecule has 8 aromatic heterocycles. The number of nitrogens with zero attached hydrogens (tertiary/aromatic N) is 20. The van der Waals surface area contributed by atoms with Crippen molar-refractivity contribution in [3.63, 3.8) is 0 Å². The largest absolute Gasteiger partial charge is 0.476 e. The molecule has 12 heterocycles. The van der Waals surface area contributed by atoms with E-state index in [1.165, 1.54) is 52.0 Å². The van der Waals surface area contributed by atoms with Crippen molar-refractivity contribution in [3.8, 4) is 0 Å². The number of halogens is 4. The molecule has 37 heteroatoms. The highest BCUT2D eigenvalue weighted by Crippen LogP contribution is 2.29. The molecular formula is C82H94F4N24O9. The van der Waals surface area contributed by atoms with E-state index in [-0.39, 0.29) is 61.6 Å². The highest BCUT2D eigenvalue weighted by molar-refractivity contribution is 6.04. The summed E-state index contributed by atoms with van der Waals surface area (Å²) in [5.74, 6) is -7.30. The van der Waals surface area contributed by atoms with Crippen molar-refractivity contribution in [3.05, 3.63) is 262 Å². The molecule has 0 saturated carbocycles. The minimum atomic E-state index is -1.36. The van der Waals surface area contributed by atoms with Crippen molar-refractivity contribution in [2.24, 2.45) is 33.9 Å². The first-order valence-electron chi connectivity index (χ1n) is 37.2. The summed E-state index contributed by atoms with van der Waals surface area (Å²) in [5, 5.41) is 49.8. The van der Waals surface area contributed by atoms with E-state index in [1.54, 1.807) is 91.6 Å². The van der Waals surface area contributed by atoms with Crippen LogP contribution in [-0.2, 0) is 99.2 Å². The molecule has 4 atom stereocenters. The number of likely N-dealkylation sites (N-methyl/N-ethyl adjacent to an activating group) is 4. The number of anilines is 4. The monoisotopic (exact) mass is 1630 g/mol. The Kier molecular flexibility index (Phi) is 28.4. The highest BCUT2D eigenvalue weighted by atomic mass is 19.1. The van der Waals surface area contributed by atoms with Crippen molar-refractivity contribution in [1.29, 1.82) is 0 Å². The molecule has 0 fully saturated rings. The fourth-order valence-corrected chi connectivity index (χ4v) is 13.7. The fourth-order valence-electron chi connectivity index (χ4n) is 13.7. The molecule has 4 aromatic carbocycles.